The summed E-state index contributed by atoms with van der Waals surface area (Å²) in [7, 11) is 1.94. The highest BCUT2D eigenvalue weighted by Gasteiger charge is 2.24. The van der Waals surface area contributed by atoms with Gasteiger partial charge in [0.15, 0.2) is 10.9 Å². The van der Waals surface area contributed by atoms with Crippen LogP contribution in [0, 0.1) is 5.92 Å². The Morgan fingerprint density at radius 2 is 2.10 bits per heavy atom. The number of para-hydroxylation sites is 2. The Bertz CT molecular complexity index is 1090. The summed E-state index contributed by atoms with van der Waals surface area (Å²) in [4.78, 5) is 25.0. The Labute approximate surface area is 172 Å². The smallest absolute Gasteiger partial charge is 0.287 e. The molecule has 4 rings (SSSR count). The van der Waals surface area contributed by atoms with E-state index in [9.17, 15) is 4.79 Å². The van der Waals surface area contributed by atoms with Crippen molar-refractivity contribution in [1.29, 1.82) is 0 Å². The van der Waals surface area contributed by atoms with E-state index in [1.807, 2.05) is 48.1 Å². The van der Waals surface area contributed by atoms with Gasteiger partial charge in [0.05, 0.1) is 22.8 Å². The molecule has 7 nitrogen and oxygen atoms in total. The average molecular weight is 410 g/mol. The Morgan fingerprint density at radius 3 is 2.83 bits per heavy atom. The first-order valence-corrected chi connectivity index (χ1v) is 10.4. The van der Waals surface area contributed by atoms with Gasteiger partial charge < -0.3 is 19.3 Å². The number of nitrogens with zero attached hydrogens (tertiary/aromatic N) is 3. The summed E-state index contributed by atoms with van der Waals surface area (Å²) in [5.74, 6) is 2.28. The molecule has 3 heterocycles. The second-order valence-corrected chi connectivity index (χ2v) is 8.15. The van der Waals surface area contributed by atoms with Crippen molar-refractivity contribution in [3.05, 3.63) is 66.1 Å². The van der Waals surface area contributed by atoms with Crippen molar-refractivity contribution in [2.45, 2.75) is 30.8 Å². The van der Waals surface area contributed by atoms with Crippen molar-refractivity contribution in [2.24, 2.45) is 13.0 Å². The number of benzene rings is 1. The summed E-state index contributed by atoms with van der Waals surface area (Å²) in [6.07, 6.45) is 3.65. The molecule has 0 spiro atoms. The summed E-state index contributed by atoms with van der Waals surface area (Å²) in [6, 6.07) is 11.1. The van der Waals surface area contributed by atoms with Gasteiger partial charge in [-0.3, -0.25) is 4.79 Å². The lowest BCUT2D eigenvalue weighted by Crippen LogP contribution is -2.32. The number of hydrogen-bond acceptors (Lipinski definition) is 5. The first-order chi connectivity index (χ1) is 14.0. The van der Waals surface area contributed by atoms with Crippen LogP contribution in [0.15, 0.2) is 58.4 Å². The molecule has 1 atom stereocenters. The highest BCUT2D eigenvalue weighted by molar-refractivity contribution is 7.98. The molecule has 1 unspecified atom stereocenters. The molecule has 150 valence electrons. The van der Waals surface area contributed by atoms with E-state index in [-0.39, 0.29) is 17.9 Å². The van der Waals surface area contributed by atoms with Crippen molar-refractivity contribution in [1.82, 2.24) is 24.8 Å². The number of fused-ring (bicyclic) bond motifs is 1. The van der Waals surface area contributed by atoms with E-state index in [0.717, 1.165) is 27.8 Å². The number of carbonyl (C=O) groups excluding carboxylic acids is 1. The molecule has 0 saturated heterocycles. The summed E-state index contributed by atoms with van der Waals surface area (Å²) in [5, 5.41) is 3.95. The lowest BCUT2D eigenvalue weighted by Gasteiger charge is -2.19. The Kier molecular flexibility index (Phi) is 5.44. The minimum atomic E-state index is -0.252. The van der Waals surface area contributed by atoms with Gasteiger partial charge >= 0.3 is 0 Å². The number of hydrogen-bond donors (Lipinski definition) is 2. The van der Waals surface area contributed by atoms with E-state index in [1.54, 1.807) is 24.0 Å². The van der Waals surface area contributed by atoms with E-state index in [0.29, 0.717) is 11.5 Å². The third-order valence-electron chi connectivity index (χ3n) is 4.66. The molecular formula is C21H23N5O2S. The van der Waals surface area contributed by atoms with Crippen LogP contribution in [0.5, 0.6) is 0 Å². The normalized spacial score (nSPS) is 12.6. The third-order valence-corrected chi connectivity index (χ3v) is 5.74. The monoisotopic (exact) mass is 409 g/mol. The number of amides is 1. The summed E-state index contributed by atoms with van der Waals surface area (Å²) in [5.41, 5.74) is 1.84. The van der Waals surface area contributed by atoms with Gasteiger partial charge in [0, 0.05) is 19.4 Å². The van der Waals surface area contributed by atoms with E-state index in [4.69, 9.17) is 4.42 Å². The number of carbonyl (C=O) groups is 1. The van der Waals surface area contributed by atoms with E-state index in [1.165, 1.54) is 0 Å². The Morgan fingerprint density at radius 1 is 1.28 bits per heavy atom. The fraction of sp³-hybridized carbons (Fsp3) is 0.286. The lowest BCUT2D eigenvalue weighted by molar-refractivity contribution is 0.0893. The second-order valence-electron chi connectivity index (χ2n) is 7.21. The van der Waals surface area contributed by atoms with Crippen LogP contribution in [0.2, 0.25) is 0 Å². The van der Waals surface area contributed by atoms with Crippen LogP contribution in [-0.2, 0) is 12.8 Å². The van der Waals surface area contributed by atoms with E-state index >= 15 is 0 Å². The van der Waals surface area contributed by atoms with Crippen LogP contribution in [0.4, 0.5) is 0 Å². The summed E-state index contributed by atoms with van der Waals surface area (Å²) >= 11 is 1.56. The van der Waals surface area contributed by atoms with Gasteiger partial charge in [-0.2, -0.15) is 0 Å². The van der Waals surface area contributed by atoms with Crippen molar-refractivity contribution in [3.63, 3.8) is 0 Å². The van der Waals surface area contributed by atoms with Crippen LogP contribution >= 0.6 is 11.8 Å². The van der Waals surface area contributed by atoms with Crippen LogP contribution in [-0.4, -0.2) is 25.4 Å². The van der Waals surface area contributed by atoms with Crippen molar-refractivity contribution in [2.75, 3.05) is 0 Å². The quantitative estimate of drug-likeness (QED) is 0.444. The highest BCUT2D eigenvalue weighted by atomic mass is 32.2. The van der Waals surface area contributed by atoms with Crippen LogP contribution in [0.3, 0.4) is 0 Å². The molecule has 0 aliphatic carbocycles. The van der Waals surface area contributed by atoms with Crippen LogP contribution < -0.4 is 5.32 Å². The minimum Gasteiger partial charge on any atom is -0.455 e. The second kappa shape index (κ2) is 8.16. The van der Waals surface area contributed by atoms with Crippen LogP contribution in [0.1, 0.15) is 42.0 Å². The van der Waals surface area contributed by atoms with Crippen molar-refractivity contribution in [3.8, 4) is 0 Å². The summed E-state index contributed by atoms with van der Waals surface area (Å²) in [6.45, 7) is 4.10. The molecule has 8 heteroatoms. The number of imidazole rings is 2. The van der Waals surface area contributed by atoms with Crippen LogP contribution in [0.25, 0.3) is 11.0 Å². The van der Waals surface area contributed by atoms with Gasteiger partial charge in [0.25, 0.3) is 5.91 Å². The minimum absolute atomic E-state index is 0.160. The SMILES string of the molecule is CC(C)C(NC(=O)c1ccc(CSc2nccn2C)o1)c1nc2ccccc2[nH]1. The van der Waals surface area contributed by atoms with E-state index < -0.39 is 0 Å². The molecule has 0 radical (unpaired) electrons. The zero-order chi connectivity index (χ0) is 20.4. The molecule has 0 saturated carbocycles. The third kappa shape index (κ3) is 4.22. The molecule has 29 heavy (non-hydrogen) atoms. The highest BCUT2D eigenvalue weighted by Crippen LogP contribution is 2.24. The Balaban J connectivity index is 1.45. The number of thioether (sulfide) groups is 1. The van der Waals surface area contributed by atoms with Gasteiger partial charge in [0.2, 0.25) is 0 Å². The van der Waals surface area contributed by atoms with Gasteiger partial charge in [-0.1, -0.05) is 37.7 Å². The van der Waals surface area contributed by atoms with E-state index in [2.05, 4.69) is 34.1 Å². The van der Waals surface area contributed by atoms with Gasteiger partial charge in [0.1, 0.15) is 11.6 Å². The van der Waals surface area contributed by atoms with Gasteiger partial charge in [-0.25, -0.2) is 9.97 Å². The molecule has 2 N–H and O–H groups in total. The van der Waals surface area contributed by atoms with Crippen molar-refractivity contribution < 1.29 is 9.21 Å². The number of aromatic nitrogens is 4. The maximum Gasteiger partial charge on any atom is 0.287 e. The topological polar surface area (TPSA) is 88.7 Å². The molecule has 0 bridgehead atoms. The molecule has 1 aromatic carbocycles. The fourth-order valence-electron chi connectivity index (χ4n) is 3.09. The Hall–Kier alpha value is -3.00. The molecule has 0 aliphatic heterocycles. The predicted octanol–water partition coefficient (Wildman–Crippen LogP) is 4.31. The molecule has 4 aromatic rings. The first kappa shape index (κ1) is 19.3. The number of rotatable bonds is 7. The number of nitrogens with one attached hydrogen (secondary N) is 2. The molecule has 0 aliphatic rings. The van der Waals surface area contributed by atoms with Crippen molar-refractivity contribution >= 4 is 28.7 Å². The standard InChI is InChI=1S/C21H23N5O2S/c1-13(2)18(19-23-15-6-4-5-7-16(15)24-19)25-20(27)17-9-8-14(28-17)12-29-21-22-10-11-26(21)3/h4-11,13,18H,12H2,1-3H3,(H,23,24)(H,25,27). The first-order valence-electron chi connectivity index (χ1n) is 9.45. The number of furan rings is 1. The zero-order valence-electron chi connectivity index (χ0n) is 16.5. The number of aromatic amines is 1. The molecular weight excluding hydrogens is 386 g/mol. The fourth-order valence-corrected chi connectivity index (χ4v) is 3.91. The molecule has 1 amide bonds. The lowest BCUT2D eigenvalue weighted by atomic mass is 10.0. The largest absolute Gasteiger partial charge is 0.455 e. The molecule has 3 aromatic heterocycles. The maximum absolute atomic E-state index is 12.8. The van der Waals surface area contributed by atoms with Gasteiger partial charge in [-0.05, 0) is 30.2 Å². The maximum atomic E-state index is 12.8. The average Bonchev–Trinajstić information content (AvgIpc) is 3.43. The molecule has 0 fully saturated rings. The van der Waals surface area contributed by atoms with Gasteiger partial charge in [-0.15, -0.1) is 0 Å². The number of aryl methyl sites for hydroxylation is 1. The zero-order valence-corrected chi connectivity index (χ0v) is 17.4. The summed E-state index contributed by atoms with van der Waals surface area (Å²) < 4.78 is 7.70. The predicted molar refractivity (Wildman–Crippen MR) is 113 cm³/mol. The number of H-pyrrole nitrogens is 1.